The molecule has 0 aliphatic heterocycles. The maximum absolute atomic E-state index is 11.9. The van der Waals surface area contributed by atoms with Gasteiger partial charge in [0.05, 0.1) is 10.2 Å². The third-order valence-corrected chi connectivity index (χ3v) is 4.07. The molecular formula is C16H13N3O2S. The van der Waals surface area contributed by atoms with Crippen LogP contribution in [-0.4, -0.2) is 15.5 Å². The molecule has 0 spiro atoms. The lowest BCUT2D eigenvalue weighted by Crippen LogP contribution is -2.22. The first-order valence-corrected chi connectivity index (χ1v) is 7.45. The Morgan fingerprint density at radius 3 is 2.91 bits per heavy atom. The van der Waals surface area contributed by atoms with Crippen molar-refractivity contribution in [2.24, 2.45) is 7.05 Å². The summed E-state index contributed by atoms with van der Waals surface area (Å²) < 4.78 is 2.48. The fourth-order valence-corrected chi connectivity index (χ4v) is 2.85. The highest BCUT2D eigenvalue weighted by molar-refractivity contribution is 7.19. The molecule has 0 bridgehead atoms. The molecule has 0 aliphatic carbocycles. The van der Waals surface area contributed by atoms with Gasteiger partial charge in [0, 0.05) is 19.3 Å². The van der Waals surface area contributed by atoms with E-state index >= 15 is 0 Å². The van der Waals surface area contributed by atoms with Crippen LogP contribution in [0.1, 0.15) is 5.01 Å². The van der Waals surface area contributed by atoms with Crippen molar-refractivity contribution in [3.8, 4) is 0 Å². The van der Waals surface area contributed by atoms with Crippen molar-refractivity contribution < 1.29 is 4.79 Å². The lowest BCUT2D eigenvalue weighted by atomic mass is 10.3. The van der Waals surface area contributed by atoms with E-state index in [1.54, 1.807) is 31.5 Å². The number of rotatable bonds is 3. The second-order valence-electron chi connectivity index (χ2n) is 4.68. The minimum Gasteiger partial charge on any atom is -0.318 e. The predicted molar refractivity (Wildman–Crippen MR) is 89.0 cm³/mol. The number of nitrogens with zero attached hydrogens (tertiary/aromatic N) is 2. The molecule has 22 heavy (non-hydrogen) atoms. The van der Waals surface area contributed by atoms with E-state index in [0.29, 0.717) is 0 Å². The van der Waals surface area contributed by atoms with Gasteiger partial charge in [-0.15, -0.1) is 11.3 Å². The Bertz CT molecular complexity index is 891. The summed E-state index contributed by atoms with van der Waals surface area (Å²) in [6.07, 6.45) is 4.66. The maximum atomic E-state index is 11.9. The van der Waals surface area contributed by atoms with Crippen LogP contribution < -0.4 is 10.9 Å². The van der Waals surface area contributed by atoms with Crippen LogP contribution in [0.4, 0.5) is 5.69 Å². The summed E-state index contributed by atoms with van der Waals surface area (Å²) in [4.78, 5) is 28.1. The van der Waals surface area contributed by atoms with Crippen molar-refractivity contribution in [2.45, 2.75) is 0 Å². The lowest BCUT2D eigenvalue weighted by Gasteiger charge is -2.02. The maximum Gasteiger partial charge on any atom is 0.274 e. The summed E-state index contributed by atoms with van der Waals surface area (Å²) in [5.41, 5.74) is 0.915. The van der Waals surface area contributed by atoms with Crippen LogP contribution in [0.15, 0.2) is 53.5 Å². The van der Waals surface area contributed by atoms with Gasteiger partial charge in [-0.25, -0.2) is 4.98 Å². The van der Waals surface area contributed by atoms with Gasteiger partial charge in [0.15, 0.2) is 0 Å². The molecule has 0 aliphatic rings. The molecule has 2 heterocycles. The third-order valence-electron chi connectivity index (χ3n) is 3.07. The molecule has 0 atom stereocenters. The van der Waals surface area contributed by atoms with E-state index in [4.69, 9.17) is 0 Å². The van der Waals surface area contributed by atoms with Gasteiger partial charge < -0.3 is 9.88 Å². The molecule has 1 N–H and O–H groups in total. The molecule has 3 aromatic rings. The molecule has 2 aromatic heterocycles. The molecule has 0 saturated heterocycles. The SMILES string of the molecule is Cn1cccc(NC(=O)/C=C\c2nc3ccccc3s2)c1=O. The highest BCUT2D eigenvalue weighted by Gasteiger charge is 2.04. The fraction of sp³-hybridized carbons (Fsp3) is 0.0625. The summed E-state index contributed by atoms with van der Waals surface area (Å²) in [5.74, 6) is -0.359. The number of carbonyl (C=O) groups excluding carboxylic acids is 1. The van der Waals surface area contributed by atoms with Crippen LogP contribution in [0.2, 0.25) is 0 Å². The largest absolute Gasteiger partial charge is 0.318 e. The minimum atomic E-state index is -0.359. The van der Waals surface area contributed by atoms with Gasteiger partial charge in [-0.3, -0.25) is 9.59 Å². The van der Waals surface area contributed by atoms with Crippen molar-refractivity contribution in [3.05, 3.63) is 64.0 Å². The Balaban J connectivity index is 1.76. The van der Waals surface area contributed by atoms with E-state index in [1.807, 2.05) is 24.3 Å². The predicted octanol–water partition coefficient (Wildman–Crippen LogP) is 2.65. The van der Waals surface area contributed by atoms with Crippen molar-refractivity contribution in [1.82, 2.24) is 9.55 Å². The number of pyridine rings is 1. The number of hydrogen-bond donors (Lipinski definition) is 1. The summed E-state index contributed by atoms with van der Waals surface area (Å²) in [6, 6.07) is 11.1. The van der Waals surface area contributed by atoms with Crippen molar-refractivity contribution in [1.29, 1.82) is 0 Å². The standard InChI is InChI=1S/C16H13N3O2S/c1-19-10-4-6-12(16(19)21)17-14(20)8-9-15-18-11-5-2-3-7-13(11)22-15/h2-10H,1H3,(H,17,20)/b9-8-. The molecule has 0 radical (unpaired) electrons. The lowest BCUT2D eigenvalue weighted by molar-refractivity contribution is -0.111. The van der Waals surface area contributed by atoms with Crippen LogP contribution in [0.5, 0.6) is 0 Å². The Labute approximate surface area is 130 Å². The smallest absolute Gasteiger partial charge is 0.274 e. The first-order valence-electron chi connectivity index (χ1n) is 6.64. The van der Waals surface area contributed by atoms with E-state index < -0.39 is 0 Å². The monoisotopic (exact) mass is 311 g/mol. The number of benzene rings is 1. The molecule has 6 heteroatoms. The molecule has 1 aromatic carbocycles. The van der Waals surface area contributed by atoms with Gasteiger partial charge in [0.25, 0.3) is 5.56 Å². The van der Waals surface area contributed by atoms with E-state index in [-0.39, 0.29) is 17.2 Å². The second kappa shape index (κ2) is 5.95. The van der Waals surface area contributed by atoms with Crippen LogP contribution in [0.3, 0.4) is 0 Å². The zero-order valence-corrected chi connectivity index (χ0v) is 12.6. The number of para-hydroxylation sites is 1. The number of aromatic nitrogens is 2. The average molecular weight is 311 g/mol. The first-order chi connectivity index (χ1) is 10.6. The van der Waals surface area contributed by atoms with Crippen LogP contribution in [-0.2, 0) is 11.8 Å². The molecule has 5 nitrogen and oxygen atoms in total. The number of aryl methyl sites for hydroxylation is 1. The van der Waals surface area contributed by atoms with E-state index in [1.165, 1.54) is 22.0 Å². The normalized spacial score (nSPS) is 11.1. The Morgan fingerprint density at radius 2 is 2.09 bits per heavy atom. The van der Waals surface area contributed by atoms with Crippen LogP contribution in [0.25, 0.3) is 16.3 Å². The molecule has 0 fully saturated rings. The number of carbonyl (C=O) groups is 1. The third kappa shape index (κ3) is 2.96. The highest BCUT2D eigenvalue weighted by Crippen LogP contribution is 2.22. The number of thiazole rings is 1. The van der Waals surface area contributed by atoms with Gasteiger partial charge in [-0.05, 0) is 30.3 Å². The Kier molecular flexibility index (Phi) is 3.84. The molecule has 3 rings (SSSR count). The number of fused-ring (bicyclic) bond motifs is 1. The topological polar surface area (TPSA) is 64.0 Å². The zero-order chi connectivity index (χ0) is 15.5. The zero-order valence-electron chi connectivity index (χ0n) is 11.8. The molecule has 110 valence electrons. The van der Waals surface area contributed by atoms with E-state index in [2.05, 4.69) is 10.3 Å². The molecule has 0 unspecified atom stereocenters. The summed E-state index contributed by atoms with van der Waals surface area (Å²) >= 11 is 1.51. The Hall–Kier alpha value is -2.73. The number of amides is 1. The van der Waals surface area contributed by atoms with Crippen LogP contribution >= 0.6 is 11.3 Å². The quantitative estimate of drug-likeness (QED) is 0.756. The first kappa shape index (κ1) is 14.2. The second-order valence-corrected chi connectivity index (χ2v) is 5.74. The highest BCUT2D eigenvalue weighted by atomic mass is 32.1. The van der Waals surface area contributed by atoms with Gasteiger partial charge in [0.1, 0.15) is 10.7 Å². The van der Waals surface area contributed by atoms with Crippen LogP contribution in [0, 0.1) is 0 Å². The summed E-state index contributed by atoms with van der Waals surface area (Å²) in [5, 5.41) is 3.32. The minimum absolute atomic E-state index is 0.246. The number of anilines is 1. The molecular weight excluding hydrogens is 298 g/mol. The molecule has 0 saturated carbocycles. The van der Waals surface area contributed by atoms with E-state index in [0.717, 1.165) is 15.2 Å². The average Bonchev–Trinajstić information content (AvgIpc) is 2.93. The van der Waals surface area contributed by atoms with Crippen molar-refractivity contribution in [3.63, 3.8) is 0 Å². The summed E-state index contributed by atoms with van der Waals surface area (Å²) in [6.45, 7) is 0. The number of hydrogen-bond acceptors (Lipinski definition) is 4. The van der Waals surface area contributed by atoms with Gasteiger partial charge in [-0.1, -0.05) is 12.1 Å². The summed E-state index contributed by atoms with van der Waals surface area (Å²) in [7, 11) is 1.63. The molecule has 1 amide bonds. The number of nitrogens with one attached hydrogen (secondary N) is 1. The Morgan fingerprint density at radius 1 is 1.27 bits per heavy atom. The van der Waals surface area contributed by atoms with Crippen molar-refractivity contribution in [2.75, 3.05) is 5.32 Å². The van der Waals surface area contributed by atoms with Crippen molar-refractivity contribution >= 4 is 39.2 Å². The fourth-order valence-electron chi connectivity index (χ4n) is 1.98. The van der Waals surface area contributed by atoms with E-state index in [9.17, 15) is 9.59 Å². The van der Waals surface area contributed by atoms with Gasteiger partial charge >= 0.3 is 0 Å². The van der Waals surface area contributed by atoms with Gasteiger partial charge in [-0.2, -0.15) is 0 Å². The van der Waals surface area contributed by atoms with Gasteiger partial charge in [0.2, 0.25) is 5.91 Å².